The van der Waals surface area contributed by atoms with E-state index >= 15 is 0 Å². The zero-order chi connectivity index (χ0) is 22.1. The highest BCUT2D eigenvalue weighted by atomic mass is 32.2. The van der Waals surface area contributed by atoms with Crippen molar-refractivity contribution in [1.29, 1.82) is 0 Å². The fourth-order valence-corrected chi connectivity index (χ4v) is 4.11. The summed E-state index contributed by atoms with van der Waals surface area (Å²) < 4.78 is 27.8. The number of benzene rings is 1. The first kappa shape index (κ1) is 22.0. The molecule has 0 saturated heterocycles. The van der Waals surface area contributed by atoms with Crippen LogP contribution in [-0.2, 0) is 29.7 Å². The number of imidazole rings is 1. The highest BCUT2D eigenvalue weighted by Crippen LogP contribution is 2.24. The Morgan fingerprint density at radius 1 is 0.867 bits per heavy atom. The van der Waals surface area contributed by atoms with Crippen molar-refractivity contribution in [3.63, 3.8) is 0 Å². The molecule has 0 bridgehead atoms. The largest absolute Gasteiger partial charge is 0.332 e. The van der Waals surface area contributed by atoms with Gasteiger partial charge in [0.25, 0.3) is 5.56 Å². The molecule has 3 aromatic rings. The number of aryl methyl sites for hydroxylation is 2. The van der Waals surface area contributed by atoms with Crippen molar-refractivity contribution < 1.29 is 8.42 Å². The van der Waals surface area contributed by atoms with E-state index in [4.69, 9.17) is 5.14 Å². The lowest BCUT2D eigenvalue weighted by molar-refractivity contribution is 0.553. The van der Waals surface area contributed by atoms with E-state index in [9.17, 15) is 18.0 Å². The predicted molar refractivity (Wildman–Crippen MR) is 116 cm³/mol. The van der Waals surface area contributed by atoms with Crippen molar-refractivity contribution in [1.82, 2.24) is 18.7 Å². The smallest absolute Gasteiger partial charge is 0.318 e. The maximum absolute atomic E-state index is 13.2. The molecule has 0 aliphatic carbocycles. The topological polar surface area (TPSA) is 122 Å². The summed E-state index contributed by atoms with van der Waals surface area (Å²) in [6.45, 7) is 7.20. The molecule has 10 heteroatoms. The zero-order valence-electron chi connectivity index (χ0n) is 17.5. The van der Waals surface area contributed by atoms with Gasteiger partial charge in [-0.25, -0.2) is 23.3 Å². The first-order valence-corrected chi connectivity index (χ1v) is 11.7. The molecule has 30 heavy (non-hydrogen) atoms. The van der Waals surface area contributed by atoms with E-state index in [1.165, 1.54) is 16.7 Å². The number of rotatable bonds is 8. The van der Waals surface area contributed by atoms with Gasteiger partial charge in [0.15, 0.2) is 11.2 Å². The fraction of sp³-hybridized carbons (Fsp3) is 0.450. The molecule has 2 N–H and O–H groups in total. The molecule has 162 valence electrons. The molecule has 0 saturated carbocycles. The Balaban J connectivity index is 2.37. The lowest BCUT2D eigenvalue weighted by Crippen LogP contribution is -2.40. The second kappa shape index (κ2) is 8.57. The average molecular weight is 434 g/mol. The Kier molecular flexibility index (Phi) is 6.27. The third-order valence-electron chi connectivity index (χ3n) is 4.90. The Morgan fingerprint density at radius 3 is 1.93 bits per heavy atom. The number of nitrogens with zero attached hydrogens (tertiary/aromatic N) is 4. The molecule has 0 spiro atoms. The van der Waals surface area contributed by atoms with Crippen LogP contribution in [0.25, 0.3) is 22.6 Å². The highest BCUT2D eigenvalue weighted by molar-refractivity contribution is 7.89. The second-order valence-corrected chi connectivity index (χ2v) is 8.78. The molecular weight excluding hydrogens is 406 g/mol. The van der Waals surface area contributed by atoms with Crippen LogP contribution in [-0.4, -0.2) is 27.1 Å². The van der Waals surface area contributed by atoms with Gasteiger partial charge in [-0.05, 0) is 43.5 Å². The highest BCUT2D eigenvalue weighted by Gasteiger charge is 2.22. The van der Waals surface area contributed by atoms with Crippen LogP contribution in [0.2, 0.25) is 0 Å². The number of sulfonamides is 1. The minimum Gasteiger partial charge on any atom is -0.318 e. The quantitative estimate of drug-likeness (QED) is 0.581. The van der Waals surface area contributed by atoms with Crippen molar-refractivity contribution in [2.45, 2.75) is 64.6 Å². The van der Waals surface area contributed by atoms with Crippen LogP contribution in [0.4, 0.5) is 0 Å². The standard InChI is InChI=1S/C20H27N5O4S/c1-4-11-23-16-18(24(12-5-2)20(27)25(13-6-3)19(16)26)22-17(23)14-7-9-15(10-8-14)30(21,28)29/h7-10H,4-6,11-13H2,1-3H3,(H2,21,28,29). The van der Waals surface area contributed by atoms with E-state index in [1.807, 2.05) is 25.3 Å². The molecular formula is C20H27N5O4S. The van der Waals surface area contributed by atoms with E-state index in [1.54, 1.807) is 16.7 Å². The summed E-state index contributed by atoms with van der Waals surface area (Å²) in [7, 11) is -3.81. The number of aromatic nitrogens is 4. The molecule has 0 aliphatic rings. The molecule has 2 heterocycles. The van der Waals surface area contributed by atoms with E-state index in [0.717, 1.165) is 12.8 Å². The molecule has 0 amide bonds. The maximum atomic E-state index is 13.2. The SMILES string of the molecule is CCCn1c(=O)c2c(nc(-c3ccc(S(N)(=O)=O)cc3)n2CCC)n(CCC)c1=O. The lowest BCUT2D eigenvalue weighted by atomic mass is 10.2. The van der Waals surface area contributed by atoms with Gasteiger partial charge >= 0.3 is 5.69 Å². The number of primary sulfonamides is 1. The van der Waals surface area contributed by atoms with Crippen molar-refractivity contribution in [2.24, 2.45) is 5.14 Å². The molecule has 3 rings (SSSR count). The third kappa shape index (κ3) is 3.84. The lowest BCUT2D eigenvalue weighted by Gasteiger charge is -2.11. The van der Waals surface area contributed by atoms with Gasteiger partial charge in [-0.3, -0.25) is 13.9 Å². The average Bonchev–Trinajstić information content (AvgIpc) is 3.07. The van der Waals surface area contributed by atoms with Crippen LogP contribution in [0.1, 0.15) is 40.0 Å². The van der Waals surface area contributed by atoms with E-state index in [0.29, 0.717) is 48.6 Å². The van der Waals surface area contributed by atoms with Crippen LogP contribution < -0.4 is 16.4 Å². The van der Waals surface area contributed by atoms with Crippen molar-refractivity contribution in [3.8, 4) is 11.4 Å². The second-order valence-electron chi connectivity index (χ2n) is 7.22. The van der Waals surface area contributed by atoms with E-state index < -0.39 is 10.0 Å². The monoisotopic (exact) mass is 433 g/mol. The summed E-state index contributed by atoms with van der Waals surface area (Å²) in [5, 5.41) is 5.19. The molecule has 0 aliphatic heterocycles. The molecule has 0 unspecified atom stereocenters. The zero-order valence-corrected chi connectivity index (χ0v) is 18.3. The van der Waals surface area contributed by atoms with Gasteiger partial charge in [-0.2, -0.15) is 0 Å². The fourth-order valence-electron chi connectivity index (χ4n) is 3.59. The summed E-state index contributed by atoms with van der Waals surface area (Å²) in [6.07, 6.45) is 2.14. The Bertz CT molecular complexity index is 1280. The Labute approximate surface area is 174 Å². The number of hydrogen-bond acceptors (Lipinski definition) is 5. The van der Waals surface area contributed by atoms with Gasteiger partial charge < -0.3 is 4.57 Å². The molecule has 9 nitrogen and oxygen atoms in total. The van der Waals surface area contributed by atoms with Gasteiger partial charge in [-0.1, -0.05) is 20.8 Å². The molecule has 0 radical (unpaired) electrons. The van der Waals surface area contributed by atoms with Gasteiger partial charge in [0.05, 0.1) is 4.90 Å². The van der Waals surface area contributed by atoms with Crippen LogP contribution in [0, 0.1) is 0 Å². The van der Waals surface area contributed by atoms with Crippen LogP contribution >= 0.6 is 0 Å². The summed E-state index contributed by atoms with van der Waals surface area (Å²) in [5.74, 6) is 0.517. The predicted octanol–water partition coefficient (Wildman–Crippen LogP) is 1.90. The number of hydrogen-bond donors (Lipinski definition) is 1. The molecule has 1 aromatic carbocycles. The first-order valence-electron chi connectivity index (χ1n) is 10.1. The third-order valence-corrected chi connectivity index (χ3v) is 5.83. The van der Waals surface area contributed by atoms with Gasteiger partial charge in [0, 0.05) is 25.2 Å². The minimum absolute atomic E-state index is 0.00223. The summed E-state index contributed by atoms with van der Waals surface area (Å²) in [5.41, 5.74) is 0.692. The molecule has 0 fully saturated rings. The Hall–Kier alpha value is -2.72. The first-order chi connectivity index (χ1) is 14.2. The molecule has 0 atom stereocenters. The van der Waals surface area contributed by atoms with Crippen LogP contribution in [0.3, 0.4) is 0 Å². The van der Waals surface area contributed by atoms with Gasteiger partial charge in [-0.15, -0.1) is 0 Å². The van der Waals surface area contributed by atoms with Gasteiger partial charge in [0.2, 0.25) is 10.0 Å². The Morgan fingerprint density at radius 2 is 1.40 bits per heavy atom. The van der Waals surface area contributed by atoms with Crippen LogP contribution in [0.15, 0.2) is 38.8 Å². The summed E-state index contributed by atoms with van der Waals surface area (Å²) in [6, 6.07) is 6.05. The molecule has 2 aromatic heterocycles. The van der Waals surface area contributed by atoms with Crippen LogP contribution in [0.5, 0.6) is 0 Å². The summed E-state index contributed by atoms with van der Waals surface area (Å²) in [4.78, 5) is 30.8. The van der Waals surface area contributed by atoms with E-state index in [-0.39, 0.29) is 16.1 Å². The minimum atomic E-state index is -3.81. The number of fused-ring (bicyclic) bond motifs is 1. The van der Waals surface area contributed by atoms with Gasteiger partial charge in [0.1, 0.15) is 5.82 Å². The normalized spacial score (nSPS) is 12.0. The van der Waals surface area contributed by atoms with Crippen molar-refractivity contribution in [3.05, 3.63) is 45.1 Å². The van der Waals surface area contributed by atoms with E-state index in [2.05, 4.69) is 4.98 Å². The van der Waals surface area contributed by atoms with Crippen molar-refractivity contribution >= 4 is 21.2 Å². The number of nitrogens with two attached hydrogens (primary N) is 1. The summed E-state index contributed by atoms with van der Waals surface area (Å²) >= 11 is 0. The maximum Gasteiger partial charge on any atom is 0.332 e. The van der Waals surface area contributed by atoms with Crippen molar-refractivity contribution in [2.75, 3.05) is 0 Å².